The van der Waals surface area contributed by atoms with Crippen LogP contribution in [0.3, 0.4) is 0 Å². The summed E-state index contributed by atoms with van der Waals surface area (Å²) >= 11 is 0. The average molecular weight is 583 g/mol. The van der Waals surface area contributed by atoms with E-state index < -0.39 is 18.0 Å². The number of rotatable bonds is 9. The molecular weight excluding hydrogens is 549 g/mol. The average Bonchev–Trinajstić information content (AvgIpc) is 3.69. The Morgan fingerprint density at radius 2 is 1.88 bits per heavy atom. The van der Waals surface area contributed by atoms with E-state index in [9.17, 15) is 18.0 Å². The highest BCUT2D eigenvalue weighted by Gasteiger charge is 2.31. The number of nitrogens with zero attached hydrogens (tertiary/aromatic N) is 7. The molecule has 0 radical (unpaired) electrons. The van der Waals surface area contributed by atoms with Crippen LogP contribution in [0, 0.1) is 13.8 Å². The lowest BCUT2D eigenvalue weighted by Gasteiger charge is -2.24. The Labute approximate surface area is 241 Å². The van der Waals surface area contributed by atoms with Crippen LogP contribution in [0.15, 0.2) is 48.8 Å². The highest BCUT2D eigenvalue weighted by atomic mass is 19.4. The Balaban J connectivity index is 1.37. The van der Waals surface area contributed by atoms with E-state index in [0.29, 0.717) is 29.2 Å². The molecule has 2 aromatic heterocycles. The zero-order valence-corrected chi connectivity index (χ0v) is 23.9. The van der Waals surface area contributed by atoms with E-state index in [1.54, 1.807) is 53.1 Å². The van der Waals surface area contributed by atoms with Crippen LogP contribution in [0.1, 0.15) is 34.5 Å². The van der Waals surface area contributed by atoms with Gasteiger partial charge in [0, 0.05) is 67.5 Å². The lowest BCUT2D eigenvalue weighted by Crippen LogP contribution is -2.31. The zero-order valence-electron chi connectivity index (χ0n) is 23.9. The second-order valence-corrected chi connectivity index (χ2v) is 10.5. The summed E-state index contributed by atoms with van der Waals surface area (Å²) in [6, 6.07) is 9.22. The second-order valence-electron chi connectivity index (χ2n) is 10.5. The van der Waals surface area contributed by atoms with Gasteiger partial charge in [-0.3, -0.25) is 9.48 Å². The number of aromatic nitrogens is 5. The first kappa shape index (κ1) is 29.1. The molecule has 0 unspecified atom stereocenters. The van der Waals surface area contributed by atoms with Crippen molar-refractivity contribution in [1.29, 1.82) is 0 Å². The van der Waals surface area contributed by atoms with E-state index in [1.807, 2.05) is 25.8 Å². The Morgan fingerprint density at radius 3 is 2.57 bits per heavy atom. The molecule has 0 saturated carbocycles. The number of ether oxygens (including phenoxy) is 1. The summed E-state index contributed by atoms with van der Waals surface area (Å²) in [6.45, 7) is 7.26. The van der Waals surface area contributed by atoms with Gasteiger partial charge in [-0.1, -0.05) is 11.3 Å². The monoisotopic (exact) mass is 582 g/mol. The summed E-state index contributed by atoms with van der Waals surface area (Å²) in [5.74, 6) is -0.900. The number of benzene rings is 2. The number of aryl methyl sites for hydroxylation is 2. The quantitative estimate of drug-likeness (QED) is 0.298. The van der Waals surface area contributed by atoms with Crippen molar-refractivity contribution in [3.8, 4) is 22.7 Å². The van der Waals surface area contributed by atoms with Crippen molar-refractivity contribution < 1.29 is 22.7 Å². The third kappa shape index (κ3) is 6.73. The third-order valence-electron chi connectivity index (χ3n) is 7.50. The van der Waals surface area contributed by atoms with Crippen LogP contribution in [-0.4, -0.2) is 75.2 Å². The van der Waals surface area contributed by atoms with Crippen molar-refractivity contribution in [3.63, 3.8) is 0 Å². The Morgan fingerprint density at radius 1 is 1.12 bits per heavy atom. The number of nitrogens with one attached hydrogen (secondary N) is 1. The van der Waals surface area contributed by atoms with Gasteiger partial charge in [0.05, 0.1) is 18.1 Å². The summed E-state index contributed by atoms with van der Waals surface area (Å²) < 4.78 is 46.9. The van der Waals surface area contributed by atoms with Gasteiger partial charge in [-0.15, -0.1) is 18.3 Å². The molecule has 3 heterocycles. The maximum absolute atomic E-state index is 13.3. The standard InChI is InChI=1S/C29H33F3N8O2/c1-19-7-8-21(13-27(19)40-18-26(35-36-40)25-17-33-38(4)20(25)2)28(41)34-22-14-23(16-24(15-22)42-29(30,31)32)37(3)11-12-39-9-5-6-10-39/h7-8,13-18H,5-6,9-12H2,1-4H3,(H,34,41). The molecule has 1 fully saturated rings. The number of anilines is 2. The van der Waals surface area contributed by atoms with E-state index >= 15 is 0 Å². The molecule has 13 heteroatoms. The molecular formula is C29H33F3N8O2. The third-order valence-corrected chi connectivity index (χ3v) is 7.50. The second kappa shape index (κ2) is 11.8. The Bertz CT molecular complexity index is 1570. The summed E-state index contributed by atoms with van der Waals surface area (Å²) in [5.41, 5.74) is 4.89. The SMILES string of the molecule is Cc1ccc(C(=O)Nc2cc(OC(F)(F)F)cc(N(C)CCN3CCCC3)c2)cc1-n1cc(-c2cnn(C)c2C)nn1. The van der Waals surface area contributed by atoms with E-state index in [0.717, 1.165) is 55.4 Å². The molecule has 1 aliphatic rings. The van der Waals surface area contributed by atoms with Crippen LogP contribution in [0.25, 0.3) is 16.9 Å². The zero-order chi connectivity index (χ0) is 30.0. The Kier molecular flexibility index (Phi) is 8.21. The summed E-state index contributed by atoms with van der Waals surface area (Å²) in [6.07, 6.45) is 0.909. The van der Waals surface area contributed by atoms with Crippen LogP contribution >= 0.6 is 0 Å². The van der Waals surface area contributed by atoms with Crippen LogP contribution in [0.5, 0.6) is 5.75 Å². The molecule has 222 valence electrons. The van der Waals surface area contributed by atoms with Gasteiger partial charge in [0.15, 0.2) is 0 Å². The summed E-state index contributed by atoms with van der Waals surface area (Å²) in [7, 11) is 3.65. The van der Waals surface area contributed by atoms with Gasteiger partial charge < -0.3 is 19.9 Å². The number of likely N-dealkylation sites (tertiary alicyclic amines) is 1. The van der Waals surface area contributed by atoms with Crippen molar-refractivity contribution in [2.24, 2.45) is 7.05 Å². The highest BCUT2D eigenvalue weighted by molar-refractivity contribution is 6.05. The highest BCUT2D eigenvalue weighted by Crippen LogP contribution is 2.31. The molecule has 42 heavy (non-hydrogen) atoms. The molecule has 1 saturated heterocycles. The number of carbonyl (C=O) groups is 1. The minimum absolute atomic E-state index is 0.182. The van der Waals surface area contributed by atoms with Crippen LogP contribution in [-0.2, 0) is 7.05 Å². The molecule has 1 N–H and O–H groups in total. The summed E-state index contributed by atoms with van der Waals surface area (Å²) in [5, 5.41) is 15.5. The molecule has 4 aromatic rings. The number of carbonyl (C=O) groups excluding carboxylic acids is 1. The summed E-state index contributed by atoms with van der Waals surface area (Å²) in [4.78, 5) is 17.5. The maximum Gasteiger partial charge on any atom is 0.573 e. The molecule has 10 nitrogen and oxygen atoms in total. The van der Waals surface area contributed by atoms with Gasteiger partial charge in [0.2, 0.25) is 0 Å². The lowest BCUT2D eigenvalue weighted by molar-refractivity contribution is -0.274. The first-order valence-corrected chi connectivity index (χ1v) is 13.6. The van der Waals surface area contributed by atoms with Gasteiger partial charge in [-0.2, -0.15) is 5.10 Å². The smallest absolute Gasteiger partial charge is 0.406 e. The van der Waals surface area contributed by atoms with Gasteiger partial charge in [-0.05, 0) is 63.5 Å². The molecule has 0 spiro atoms. The van der Waals surface area contributed by atoms with Crippen molar-refractivity contribution in [2.75, 3.05) is 43.4 Å². The minimum atomic E-state index is -4.87. The van der Waals surface area contributed by atoms with E-state index in [4.69, 9.17) is 0 Å². The fraction of sp³-hybridized carbons (Fsp3) is 0.379. The minimum Gasteiger partial charge on any atom is -0.406 e. The van der Waals surface area contributed by atoms with Crippen molar-refractivity contribution in [3.05, 3.63) is 65.6 Å². The molecule has 5 rings (SSSR count). The van der Waals surface area contributed by atoms with Gasteiger partial charge in [-0.25, -0.2) is 4.68 Å². The van der Waals surface area contributed by atoms with Gasteiger partial charge in [0.1, 0.15) is 11.4 Å². The predicted octanol–water partition coefficient (Wildman–Crippen LogP) is 4.97. The number of alkyl halides is 3. The number of hydrogen-bond donors (Lipinski definition) is 1. The number of amides is 1. The van der Waals surface area contributed by atoms with E-state index in [1.165, 1.54) is 6.07 Å². The largest absolute Gasteiger partial charge is 0.573 e. The number of halogens is 3. The first-order chi connectivity index (χ1) is 20.0. The molecule has 0 bridgehead atoms. The predicted molar refractivity (Wildman–Crippen MR) is 153 cm³/mol. The molecule has 2 aromatic carbocycles. The van der Waals surface area contributed by atoms with Gasteiger partial charge in [0.25, 0.3) is 5.91 Å². The molecule has 0 aliphatic carbocycles. The maximum atomic E-state index is 13.3. The van der Waals surface area contributed by atoms with Crippen molar-refractivity contribution in [1.82, 2.24) is 29.7 Å². The molecule has 1 aliphatic heterocycles. The van der Waals surface area contributed by atoms with Crippen LogP contribution in [0.4, 0.5) is 24.5 Å². The number of likely N-dealkylation sites (N-methyl/N-ethyl adjacent to an activating group) is 1. The van der Waals surface area contributed by atoms with Gasteiger partial charge >= 0.3 is 6.36 Å². The van der Waals surface area contributed by atoms with E-state index in [-0.39, 0.29) is 5.69 Å². The molecule has 1 amide bonds. The van der Waals surface area contributed by atoms with Crippen molar-refractivity contribution >= 4 is 17.3 Å². The fourth-order valence-electron chi connectivity index (χ4n) is 4.95. The van der Waals surface area contributed by atoms with Crippen molar-refractivity contribution in [2.45, 2.75) is 33.1 Å². The number of hydrogen-bond acceptors (Lipinski definition) is 7. The first-order valence-electron chi connectivity index (χ1n) is 13.6. The lowest BCUT2D eigenvalue weighted by atomic mass is 10.1. The fourth-order valence-corrected chi connectivity index (χ4v) is 4.95. The van der Waals surface area contributed by atoms with E-state index in [2.05, 4.69) is 30.4 Å². The Hall–Kier alpha value is -4.39. The molecule has 0 atom stereocenters. The van der Waals surface area contributed by atoms with Crippen LogP contribution < -0.4 is 15.0 Å². The topological polar surface area (TPSA) is 93.3 Å². The van der Waals surface area contributed by atoms with Crippen LogP contribution in [0.2, 0.25) is 0 Å². The normalized spacial score (nSPS) is 13.9.